The number of hydrogen-bond acceptors (Lipinski definition) is 4. The number of amides is 1. The molecule has 1 amide bonds. The number of fused-ring (bicyclic) bond motifs is 1. The number of benzene rings is 1. The summed E-state index contributed by atoms with van der Waals surface area (Å²) in [5, 5.41) is 17.7. The third-order valence-electron chi connectivity index (χ3n) is 2.59. The molecule has 5 heteroatoms. The molecular weight excluding hydrogens is 204 g/mol. The molecule has 0 unspecified atom stereocenters. The standard InChI is InChI=1S/C11H12N4O/c1-13-9-6-14-8-4-2-3-7(5-12)10(8)15-11(9)16/h2-4,9,13-14H,6H2,1H3,(H,15,16)/t9-/m0/s1. The molecule has 1 heterocycles. The molecular formula is C11H12N4O. The molecule has 1 aliphatic rings. The Bertz CT molecular complexity index is 464. The van der Waals surface area contributed by atoms with Crippen LogP contribution in [0.1, 0.15) is 5.56 Å². The monoisotopic (exact) mass is 216 g/mol. The third-order valence-corrected chi connectivity index (χ3v) is 2.59. The first-order chi connectivity index (χ1) is 7.76. The largest absolute Gasteiger partial charge is 0.381 e. The molecule has 3 N–H and O–H groups in total. The van der Waals surface area contributed by atoms with Crippen LogP contribution in [0.25, 0.3) is 0 Å². The molecule has 2 rings (SSSR count). The van der Waals surface area contributed by atoms with Crippen molar-refractivity contribution >= 4 is 17.3 Å². The van der Waals surface area contributed by atoms with Crippen LogP contribution in [-0.4, -0.2) is 25.5 Å². The Hall–Kier alpha value is -2.06. The van der Waals surface area contributed by atoms with Crippen LogP contribution in [0.5, 0.6) is 0 Å². The molecule has 0 fully saturated rings. The van der Waals surface area contributed by atoms with Gasteiger partial charge in [-0.15, -0.1) is 0 Å². The van der Waals surface area contributed by atoms with Gasteiger partial charge in [0.25, 0.3) is 0 Å². The summed E-state index contributed by atoms with van der Waals surface area (Å²) < 4.78 is 0. The molecule has 5 nitrogen and oxygen atoms in total. The lowest BCUT2D eigenvalue weighted by molar-refractivity contribution is -0.117. The zero-order chi connectivity index (χ0) is 11.5. The highest BCUT2D eigenvalue weighted by molar-refractivity contribution is 6.00. The fourth-order valence-corrected chi connectivity index (χ4v) is 1.68. The van der Waals surface area contributed by atoms with E-state index in [2.05, 4.69) is 22.0 Å². The van der Waals surface area contributed by atoms with E-state index in [1.165, 1.54) is 0 Å². The van der Waals surface area contributed by atoms with Gasteiger partial charge < -0.3 is 16.0 Å². The smallest absolute Gasteiger partial charge is 0.243 e. The lowest BCUT2D eigenvalue weighted by Crippen LogP contribution is -2.41. The maximum atomic E-state index is 11.8. The van der Waals surface area contributed by atoms with Gasteiger partial charge in [-0.3, -0.25) is 4.79 Å². The molecule has 0 saturated carbocycles. The summed E-state index contributed by atoms with van der Waals surface area (Å²) in [6.45, 7) is 0.504. The lowest BCUT2D eigenvalue weighted by atomic mass is 10.1. The van der Waals surface area contributed by atoms with Gasteiger partial charge in [-0.05, 0) is 19.2 Å². The second-order valence-corrected chi connectivity index (χ2v) is 3.55. The van der Waals surface area contributed by atoms with E-state index in [9.17, 15) is 4.79 Å². The van der Waals surface area contributed by atoms with Gasteiger partial charge in [-0.1, -0.05) is 6.07 Å². The van der Waals surface area contributed by atoms with Crippen molar-refractivity contribution in [2.75, 3.05) is 24.2 Å². The number of hydrogen-bond donors (Lipinski definition) is 3. The van der Waals surface area contributed by atoms with Gasteiger partial charge in [-0.25, -0.2) is 0 Å². The Labute approximate surface area is 93.5 Å². The first-order valence-electron chi connectivity index (χ1n) is 5.01. The summed E-state index contributed by atoms with van der Waals surface area (Å²) in [5.41, 5.74) is 1.81. The molecule has 0 bridgehead atoms. The molecule has 0 spiro atoms. The zero-order valence-electron chi connectivity index (χ0n) is 8.87. The van der Waals surface area contributed by atoms with Crippen molar-refractivity contribution in [3.05, 3.63) is 23.8 Å². The van der Waals surface area contributed by atoms with Gasteiger partial charge in [-0.2, -0.15) is 5.26 Å². The van der Waals surface area contributed by atoms with Crippen LogP contribution in [0.3, 0.4) is 0 Å². The fraction of sp³-hybridized carbons (Fsp3) is 0.273. The molecule has 16 heavy (non-hydrogen) atoms. The maximum absolute atomic E-state index is 11.8. The normalized spacial score (nSPS) is 18.8. The average Bonchev–Trinajstić information content (AvgIpc) is 2.46. The van der Waals surface area contributed by atoms with Gasteiger partial charge in [0.1, 0.15) is 12.1 Å². The van der Waals surface area contributed by atoms with Crippen molar-refractivity contribution in [2.24, 2.45) is 0 Å². The molecule has 1 aromatic rings. The lowest BCUT2D eigenvalue weighted by Gasteiger charge is -2.10. The van der Waals surface area contributed by atoms with Crippen LogP contribution in [0.15, 0.2) is 18.2 Å². The topological polar surface area (TPSA) is 76.9 Å². The molecule has 0 aromatic heterocycles. The van der Waals surface area contributed by atoms with E-state index in [-0.39, 0.29) is 11.9 Å². The molecule has 0 radical (unpaired) electrons. The highest BCUT2D eigenvalue weighted by atomic mass is 16.2. The van der Waals surface area contributed by atoms with Crippen LogP contribution < -0.4 is 16.0 Å². The molecule has 0 saturated heterocycles. The van der Waals surface area contributed by atoms with E-state index in [0.29, 0.717) is 17.8 Å². The SMILES string of the molecule is CN[C@H]1CNc2cccc(C#N)c2NC1=O. The van der Waals surface area contributed by atoms with Crippen LogP contribution in [0, 0.1) is 11.3 Å². The van der Waals surface area contributed by atoms with Gasteiger partial charge in [0.05, 0.1) is 16.9 Å². The number of nitrogens with one attached hydrogen (secondary N) is 3. The number of rotatable bonds is 1. The van der Waals surface area contributed by atoms with Crippen LogP contribution >= 0.6 is 0 Å². The zero-order valence-corrected chi connectivity index (χ0v) is 8.87. The Morgan fingerprint density at radius 1 is 1.56 bits per heavy atom. The predicted octanol–water partition coefficient (Wildman–Crippen LogP) is 0.510. The number of carbonyl (C=O) groups excluding carboxylic acids is 1. The summed E-state index contributed by atoms with van der Waals surface area (Å²) in [4.78, 5) is 11.8. The quantitative estimate of drug-likeness (QED) is 0.639. The van der Waals surface area contributed by atoms with Crippen molar-refractivity contribution < 1.29 is 4.79 Å². The van der Waals surface area contributed by atoms with Crippen molar-refractivity contribution in [3.8, 4) is 6.07 Å². The summed E-state index contributed by atoms with van der Waals surface area (Å²) in [6, 6.07) is 7.08. The van der Waals surface area contributed by atoms with Crippen LogP contribution in [-0.2, 0) is 4.79 Å². The van der Waals surface area contributed by atoms with Gasteiger partial charge in [0.15, 0.2) is 0 Å². The van der Waals surface area contributed by atoms with Gasteiger partial charge in [0, 0.05) is 6.54 Å². The van der Waals surface area contributed by atoms with E-state index < -0.39 is 0 Å². The molecule has 1 aromatic carbocycles. The fourth-order valence-electron chi connectivity index (χ4n) is 1.68. The van der Waals surface area contributed by atoms with Crippen molar-refractivity contribution in [2.45, 2.75) is 6.04 Å². The summed E-state index contributed by atoms with van der Waals surface area (Å²) >= 11 is 0. The van der Waals surface area contributed by atoms with E-state index in [0.717, 1.165) is 5.69 Å². The van der Waals surface area contributed by atoms with Crippen molar-refractivity contribution in [1.29, 1.82) is 5.26 Å². The van der Waals surface area contributed by atoms with Crippen molar-refractivity contribution in [1.82, 2.24) is 5.32 Å². The summed E-state index contributed by atoms with van der Waals surface area (Å²) in [6.07, 6.45) is 0. The number of carbonyl (C=O) groups is 1. The van der Waals surface area contributed by atoms with E-state index >= 15 is 0 Å². The minimum Gasteiger partial charge on any atom is -0.381 e. The highest BCUT2D eigenvalue weighted by Gasteiger charge is 2.23. The van der Waals surface area contributed by atoms with E-state index in [1.807, 2.05) is 6.07 Å². The minimum absolute atomic E-state index is 0.128. The minimum atomic E-state index is -0.293. The number of likely N-dealkylation sites (N-methyl/N-ethyl adjacent to an activating group) is 1. The predicted molar refractivity (Wildman–Crippen MR) is 61.1 cm³/mol. The molecule has 1 aliphatic heterocycles. The Kier molecular flexibility index (Phi) is 2.75. The number of nitrogens with zero attached hydrogens (tertiary/aromatic N) is 1. The Morgan fingerprint density at radius 2 is 2.38 bits per heavy atom. The van der Waals surface area contributed by atoms with Crippen molar-refractivity contribution in [3.63, 3.8) is 0 Å². The second-order valence-electron chi connectivity index (χ2n) is 3.55. The molecule has 1 atom stereocenters. The van der Waals surface area contributed by atoms with E-state index in [1.54, 1.807) is 19.2 Å². The average molecular weight is 216 g/mol. The number of nitriles is 1. The molecule has 0 aliphatic carbocycles. The van der Waals surface area contributed by atoms with Crippen LogP contribution in [0.4, 0.5) is 11.4 Å². The van der Waals surface area contributed by atoms with E-state index in [4.69, 9.17) is 5.26 Å². The third kappa shape index (κ3) is 1.71. The highest BCUT2D eigenvalue weighted by Crippen LogP contribution is 2.27. The number of para-hydroxylation sites is 1. The Balaban J connectivity index is 2.41. The first kappa shape index (κ1) is 10.5. The number of anilines is 2. The van der Waals surface area contributed by atoms with Gasteiger partial charge in [0.2, 0.25) is 5.91 Å². The second kappa shape index (κ2) is 4.21. The summed E-state index contributed by atoms with van der Waals surface area (Å²) in [5.74, 6) is -0.128. The maximum Gasteiger partial charge on any atom is 0.243 e. The van der Waals surface area contributed by atoms with Gasteiger partial charge >= 0.3 is 0 Å². The molecule has 82 valence electrons. The van der Waals surface area contributed by atoms with Crippen LogP contribution in [0.2, 0.25) is 0 Å². The first-order valence-corrected chi connectivity index (χ1v) is 5.01. The summed E-state index contributed by atoms with van der Waals surface area (Å²) in [7, 11) is 1.73. The Morgan fingerprint density at radius 3 is 3.06 bits per heavy atom.